The molecule has 3 N–H and O–H groups in total. The van der Waals surface area contributed by atoms with Crippen molar-refractivity contribution in [2.45, 2.75) is 64.8 Å². The lowest BCUT2D eigenvalue weighted by atomic mass is 9.95. The molecule has 0 fully saturated rings. The maximum absolute atomic E-state index is 13.5. The fourth-order valence-corrected chi connectivity index (χ4v) is 6.38. The van der Waals surface area contributed by atoms with Gasteiger partial charge in [0.05, 0.1) is 51.8 Å². The molecular formula is C34H42N4O8S. The topological polar surface area (TPSA) is 154 Å². The lowest BCUT2D eigenvalue weighted by Gasteiger charge is -2.19. The number of anilines is 2. The van der Waals surface area contributed by atoms with Crippen molar-refractivity contribution < 1.29 is 33.3 Å². The Morgan fingerprint density at radius 3 is 2.51 bits per heavy atom. The normalized spacial score (nSPS) is 13.3. The SMILES string of the molecule is CCOC(=O)Cc1csc(NC(=O)CCCCCNc2ccc3c(cc2=O)[C@H](NC(C)=O)CCc2cc(OC)c(OC)c(OC)c2-3)n1. The van der Waals surface area contributed by atoms with Crippen LogP contribution in [0.2, 0.25) is 0 Å². The first-order valence-electron chi connectivity index (χ1n) is 15.6. The Morgan fingerprint density at radius 1 is 1.02 bits per heavy atom. The quantitative estimate of drug-likeness (QED) is 0.149. The maximum atomic E-state index is 13.5. The molecule has 0 radical (unpaired) electrons. The molecule has 0 unspecified atom stereocenters. The minimum absolute atomic E-state index is 0.0711. The summed E-state index contributed by atoms with van der Waals surface area (Å²) in [5, 5.41) is 11.2. The van der Waals surface area contributed by atoms with Crippen molar-refractivity contribution >= 4 is 39.9 Å². The van der Waals surface area contributed by atoms with E-state index in [4.69, 9.17) is 18.9 Å². The van der Waals surface area contributed by atoms with E-state index in [2.05, 4.69) is 20.9 Å². The van der Waals surface area contributed by atoms with Crippen LogP contribution in [0.4, 0.5) is 10.8 Å². The molecule has 1 heterocycles. The number of rotatable bonds is 15. The van der Waals surface area contributed by atoms with Crippen LogP contribution in [-0.4, -0.2) is 57.2 Å². The molecule has 12 nitrogen and oxygen atoms in total. The van der Waals surface area contributed by atoms with Gasteiger partial charge in [-0.15, -0.1) is 11.3 Å². The predicted molar refractivity (Wildman–Crippen MR) is 181 cm³/mol. The van der Waals surface area contributed by atoms with E-state index >= 15 is 0 Å². The van der Waals surface area contributed by atoms with E-state index < -0.39 is 0 Å². The van der Waals surface area contributed by atoms with Crippen molar-refractivity contribution in [3.63, 3.8) is 0 Å². The van der Waals surface area contributed by atoms with Crippen molar-refractivity contribution in [3.05, 3.63) is 56.7 Å². The van der Waals surface area contributed by atoms with Gasteiger partial charge in [-0.3, -0.25) is 19.2 Å². The first-order valence-corrected chi connectivity index (χ1v) is 16.5. The van der Waals surface area contributed by atoms with Gasteiger partial charge in [0, 0.05) is 30.8 Å². The van der Waals surface area contributed by atoms with Gasteiger partial charge in [0.15, 0.2) is 16.6 Å². The number of aryl methyl sites for hydroxylation is 1. The van der Waals surface area contributed by atoms with Crippen LogP contribution in [0.1, 0.15) is 68.8 Å². The molecule has 2 aromatic carbocycles. The molecule has 1 aliphatic rings. The molecule has 13 heteroatoms. The highest BCUT2D eigenvalue weighted by molar-refractivity contribution is 7.13. The first-order chi connectivity index (χ1) is 22.7. The number of hydrogen-bond acceptors (Lipinski definition) is 11. The zero-order valence-electron chi connectivity index (χ0n) is 27.4. The number of carbonyl (C=O) groups is 3. The summed E-state index contributed by atoms with van der Waals surface area (Å²) in [6.07, 6.45) is 3.77. The molecule has 4 rings (SSSR count). The molecule has 252 valence electrons. The average Bonchev–Trinajstić information content (AvgIpc) is 3.33. The number of benzene rings is 1. The summed E-state index contributed by atoms with van der Waals surface area (Å²) in [6, 6.07) is 6.76. The first kappa shape index (κ1) is 35.2. The molecule has 3 aromatic rings. The van der Waals surface area contributed by atoms with E-state index in [0.717, 1.165) is 29.5 Å². The van der Waals surface area contributed by atoms with E-state index in [1.807, 2.05) is 12.1 Å². The van der Waals surface area contributed by atoms with Gasteiger partial charge in [-0.25, -0.2) is 4.98 Å². The van der Waals surface area contributed by atoms with Gasteiger partial charge < -0.3 is 34.9 Å². The van der Waals surface area contributed by atoms with E-state index in [0.29, 0.717) is 78.2 Å². The van der Waals surface area contributed by atoms with Gasteiger partial charge in [-0.05, 0) is 67.5 Å². The number of unbranched alkanes of at least 4 members (excludes halogenated alkanes) is 2. The summed E-state index contributed by atoms with van der Waals surface area (Å²) in [7, 11) is 4.68. The van der Waals surface area contributed by atoms with Gasteiger partial charge in [0.2, 0.25) is 23.0 Å². The Labute approximate surface area is 278 Å². The number of thiazole rings is 1. The second kappa shape index (κ2) is 16.8. The van der Waals surface area contributed by atoms with Crippen LogP contribution in [0, 0.1) is 0 Å². The van der Waals surface area contributed by atoms with E-state index in [1.165, 1.54) is 18.3 Å². The van der Waals surface area contributed by atoms with E-state index in [-0.39, 0.29) is 35.7 Å². The average molecular weight is 667 g/mol. The number of fused-ring (bicyclic) bond motifs is 3. The van der Waals surface area contributed by atoms with Crippen molar-refractivity contribution in [2.24, 2.45) is 0 Å². The summed E-state index contributed by atoms with van der Waals surface area (Å²) in [6.45, 7) is 4.05. The van der Waals surface area contributed by atoms with Gasteiger partial charge in [-0.1, -0.05) is 12.5 Å². The Morgan fingerprint density at radius 2 is 1.81 bits per heavy atom. The minimum Gasteiger partial charge on any atom is -0.493 e. The predicted octanol–water partition coefficient (Wildman–Crippen LogP) is 5.04. The highest BCUT2D eigenvalue weighted by Gasteiger charge is 2.29. The molecule has 2 amide bonds. The zero-order valence-corrected chi connectivity index (χ0v) is 28.3. The second-order valence-electron chi connectivity index (χ2n) is 11.0. The number of ether oxygens (including phenoxy) is 4. The summed E-state index contributed by atoms with van der Waals surface area (Å²) >= 11 is 1.27. The van der Waals surface area contributed by atoms with E-state index in [9.17, 15) is 19.2 Å². The smallest absolute Gasteiger partial charge is 0.311 e. The number of carbonyl (C=O) groups excluding carboxylic acids is 3. The summed E-state index contributed by atoms with van der Waals surface area (Å²) < 4.78 is 22.0. The molecule has 47 heavy (non-hydrogen) atoms. The van der Waals surface area contributed by atoms with Crippen LogP contribution in [0.25, 0.3) is 11.1 Å². The Bertz CT molecular complexity index is 1660. The van der Waals surface area contributed by atoms with Crippen LogP contribution >= 0.6 is 11.3 Å². The molecule has 1 atom stereocenters. The van der Waals surface area contributed by atoms with Gasteiger partial charge in [0.25, 0.3) is 0 Å². The molecule has 0 spiro atoms. The monoisotopic (exact) mass is 666 g/mol. The summed E-state index contributed by atoms with van der Waals surface area (Å²) in [5.74, 6) is 0.794. The number of nitrogens with one attached hydrogen (secondary N) is 3. The lowest BCUT2D eigenvalue weighted by molar-refractivity contribution is -0.142. The lowest BCUT2D eigenvalue weighted by Crippen LogP contribution is -2.26. The number of nitrogens with zero attached hydrogens (tertiary/aromatic N) is 1. The number of methoxy groups -OCH3 is 3. The maximum Gasteiger partial charge on any atom is 0.311 e. The van der Waals surface area contributed by atoms with Gasteiger partial charge in [0.1, 0.15) is 0 Å². The zero-order chi connectivity index (χ0) is 33.9. The van der Waals surface area contributed by atoms with Crippen molar-refractivity contribution in [1.82, 2.24) is 10.3 Å². The molecular weight excluding hydrogens is 624 g/mol. The third kappa shape index (κ3) is 9.00. The van der Waals surface area contributed by atoms with Crippen LogP contribution in [0.5, 0.6) is 17.2 Å². The highest BCUT2D eigenvalue weighted by atomic mass is 32.1. The van der Waals surface area contributed by atoms with Crippen LogP contribution < -0.4 is 35.6 Å². The molecule has 1 aliphatic carbocycles. The van der Waals surface area contributed by atoms with Gasteiger partial charge >= 0.3 is 5.97 Å². The van der Waals surface area contributed by atoms with Gasteiger partial charge in [-0.2, -0.15) is 0 Å². The van der Waals surface area contributed by atoms with E-state index in [1.54, 1.807) is 45.8 Å². The standard InChI is InChI=1S/C34H42N4O8S/c1-6-46-30(42)17-22-19-47-34(37-22)38-29(41)10-8-7-9-15-35-26-14-12-23-24(18-27(26)40)25(36-20(2)39)13-11-21-16-28(43-3)32(44-4)33(45-5)31(21)23/h12,14,16,18-19,25H,6-11,13,15,17H2,1-5H3,(H,35,40)(H,36,39)(H,37,38,41)/t25-/m1/s1. The Kier molecular flexibility index (Phi) is 12.6. The van der Waals surface area contributed by atoms with Crippen LogP contribution in [-0.2, 0) is 32.0 Å². The third-order valence-corrected chi connectivity index (χ3v) is 8.55. The largest absolute Gasteiger partial charge is 0.493 e. The molecule has 0 saturated heterocycles. The fourth-order valence-electron chi connectivity index (χ4n) is 5.65. The molecule has 0 bridgehead atoms. The van der Waals surface area contributed by atoms with Crippen molar-refractivity contribution in [3.8, 4) is 28.4 Å². The molecule has 0 aliphatic heterocycles. The number of aromatic nitrogens is 1. The number of hydrogen-bond donors (Lipinski definition) is 3. The fraction of sp³-hybridized carbons (Fsp3) is 0.441. The highest BCUT2D eigenvalue weighted by Crippen LogP contribution is 2.50. The Balaban J connectivity index is 1.42. The number of esters is 1. The molecule has 0 saturated carbocycles. The summed E-state index contributed by atoms with van der Waals surface area (Å²) in [4.78, 5) is 53.9. The minimum atomic E-state index is -0.385. The third-order valence-electron chi connectivity index (χ3n) is 7.74. The Hall–Kier alpha value is -4.65. The van der Waals surface area contributed by atoms with Crippen molar-refractivity contribution in [1.29, 1.82) is 0 Å². The number of amides is 2. The van der Waals surface area contributed by atoms with Crippen molar-refractivity contribution in [2.75, 3.05) is 45.1 Å². The summed E-state index contributed by atoms with van der Waals surface area (Å²) in [5.41, 5.74) is 4.00. The second-order valence-corrected chi connectivity index (χ2v) is 11.9. The van der Waals surface area contributed by atoms with Crippen LogP contribution in [0.15, 0.2) is 34.4 Å². The molecule has 1 aromatic heterocycles. The van der Waals surface area contributed by atoms with Crippen LogP contribution in [0.3, 0.4) is 0 Å².